The van der Waals surface area contributed by atoms with Crippen molar-refractivity contribution < 1.29 is 14.2 Å². The number of benzene rings is 1. The van der Waals surface area contributed by atoms with E-state index in [1.54, 1.807) is 7.11 Å². The average Bonchev–Trinajstić information content (AvgIpc) is 2.43. The molecule has 0 spiro atoms. The Labute approximate surface area is 121 Å². The maximum absolute atomic E-state index is 5.71. The predicted octanol–water partition coefficient (Wildman–Crippen LogP) is 2.22. The Kier molecular flexibility index (Phi) is 6.95. The minimum Gasteiger partial charge on any atom is -0.496 e. The molecular formula is C15H26N2O3. The van der Waals surface area contributed by atoms with Crippen molar-refractivity contribution in [3.05, 3.63) is 28.8 Å². The van der Waals surface area contributed by atoms with E-state index in [1.807, 2.05) is 33.8 Å². The van der Waals surface area contributed by atoms with Crippen LogP contribution in [-0.4, -0.2) is 26.6 Å². The third kappa shape index (κ3) is 3.93. The molecule has 0 saturated heterocycles. The zero-order chi connectivity index (χ0) is 15.1. The van der Waals surface area contributed by atoms with Crippen molar-refractivity contribution in [2.45, 2.75) is 40.0 Å². The van der Waals surface area contributed by atoms with E-state index in [1.165, 1.54) is 0 Å². The molecule has 0 aliphatic rings. The van der Waals surface area contributed by atoms with Crippen LogP contribution in [0.4, 0.5) is 0 Å². The molecule has 1 unspecified atom stereocenters. The second-order valence-corrected chi connectivity index (χ2v) is 4.60. The summed E-state index contributed by atoms with van der Waals surface area (Å²) in [5.74, 6) is 6.58. The van der Waals surface area contributed by atoms with E-state index < -0.39 is 6.29 Å². The van der Waals surface area contributed by atoms with Gasteiger partial charge in [0, 0.05) is 13.2 Å². The van der Waals surface area contributed by atoms with Gasteiger partial charge in [-0.1, -0.05) is 6.07 Å². The van der Waals surface area contributed by atoms with Gasteiger partial charge in [0.1, 0.15) is 5.75 Å². The summed E-state index contributed by atoms with van der Waals surface area (Å²) < 4.78 is 16.6. The summed E-state index contributed by atoms with van der Waals surface area (Å²) in [4.78, 5) is 0. The van der Waals surface area contributed by atoms with E-state index in [9.17, 15) is 0 Å². The highest BCUT2D eigenvalue weighted by Crippen LogP contribution is 2.29. The Balaban J connectivity index is 3.13. The van der Waals surface area contributed by atoms with Crippen LogP contribution in [0.3, 0.4) is 0 Å². The van der Waals surface area contributed by atoms with Crippen molar-refractivity contribution in [1.29, 1.82) is 0 Å². The molecule has 0 aliphatic carbocycles. The minimum absolute atomic E-state index is 0.223. The number of hydrogen-bond acceptors (Lipinski definition) is 5. The number of aryl methyl sites for hydroxylation is 2. The summed E-state index contributed by atoms with van der Waals surface area (Å²) in [6, 6.07) is 3.84. The monoisotopic (exact) mass is 282 g/mol. The van der Waals surface area contributed by atoms with Gasteiger partial charge in [-0.3, -0.25) is 5.84 Å². The number of ether oxygens (including phenoxy) is 3. The van der Waals surface area contributed by atoms with Crippen LogP contribution in [0.1, 0.15) is 36.6 Å². The third-order valence-electron chi connectivity index (χ3n) is 3.23. The fourth-order valence-corrected chi connectivity index (χ4v) is 2.25. The van der Waals surface area contributed by atoms with Crippen LogP contribution in [0.15, 0.2) is 12.1 Å². The van der Waals surface area contributed by atoms with E-state index in [-0.39, 0.29) is 6.04 Å². The van der Waals surface area contributed by atoms with Crippen LogP contribution in [0.5, 0.6) is 5.75 Å². The van der Waals surface area contributed by atoms with E-state index in [4.69, 9.17) is 20.1 Å². The number of methoxy groups -OCH3 is 1. The summed E-state index contributed by atoms with van der Waals surface area (Å²) in [7, 11) is 1.67. The smallest absolute Gasteiger partial charge is 0.178 e. The molecule has 3 N–H and O–H groups in total. The largest absolute Gasteiger partial charge is 0.496 e. The number of nitrogens with one attached hydrogen (secondary N) is 1. The van der Waals surface area contributed by atoms with Crippen LogP contribution in [0.2, 0.25) is 0 Å². The van der Waals surface area contributed by atoms with Gasteiger partial charge in [0.05, 0.1) is 13.2 Å². The lowest BCUT2D eigenvalue weighted by Crippen LogP contribution is -2.40. The van der Waals surface area contributed by atoms with Crippen LogP contribution < -0.4 is 16.0 Å². The van der Waals surface area contributed by atoms with Crippen molar-refractivity contribution in [1.82, 2.24) is 5.43 Å². The SMILES string of the molecule is CCOC(OCC)C(NN)c1cc(C)c(OC)cc1C. The molecule has 0 aromatic heterocycles. The summed E-state index contributed by atoms with van der Waals surface area (Å²) in [5.41, 5.74) is 5.99. The molecule has 5 heteroatoms. The molecule has 0 saturated carbocycles. The lowest BCUT2D eigenvalue weighted by Gasteiger charge is -2.28. The molecule has 1 rings (SSSR count). The first kappa shape index (κ1) is 16.9. The number of nitrogens with two attached hydrogens (primary N) is 1. The van der Waals surface area contributed by atoms with Gasteiger partial charge >= 0.3 is 0 Å². The molecule has 20 heavy (non-hydrogen) atoms. The van der Waals surface area contributed by atoms with E-state index in [0.29, 0.717) is 13.2 Å². The highest BCUT2D eigenvalue weighted by Gasteiger charge is 2.25. The normalized spacial score (nSPS) is 12.8. The summed E-state index contributed by atoms with van der Waals surface area (Å²) in [6.07, 6.45) is -0.415. The third-order valence-corrected chi connectivity index (χ3v) is 3.23. The van der Waals surface area contributed by atoms with E-state index >= 15 is 0 Å². The Morgan fingerprint density at radius 1 is 1.10 bits per heavy atom. The van der Waals surface area contributed by atoms with Crippen molar-refractivity contribution in [3.8, 4) is 5.75 Å². The molecule has 1 aromatic carbocycles. The average molecular weight is 282 g/mol. The van der Waals surface area contributed by atoms with E-state index in [0.717, 1.165) is 22.4 Å². The van der Waals surface area contributed by atoms with Gasteiger partial charge in [0.15, 0.2) is 6.29 Å². The Bertz CT molecular complexity index is 418. The van der Waals surface area contributed by atoms with Crippen molar-refractivity contribution in [2.75, 3.05) is 20.3 Å². The molecule has 114 valence electrons. The van der Waals surface area contributed by atoms with Gasteiger partial charge < -0.3 is 14.2 Å². The van der Waals surface area contributed by atoms with Crippen molar-refractivity contribution in [3.63, 3.8) is 0 Å². The van der Waals surface area contributed by atoms with E-state index in [2.05, 4.69) is 11.5 Å². The number of hydrazine groups is 1. The molecule has 0 aliphatic heterocycles. The summed E-state index contributed by atoms with van der Waals surface area (Å²) in [6.45, 7) is 9.04. The minimum atomic E-state index is -0.415. The number of hydrogen-bond donors (Lipinski definition) is 2. The Morgan fingerprint density at radius 3 is 2.15 bits per heavy atom. The quantitative estimate of drug-likeness (QED) is 0.435. The fourth-order valence-electron chi connectivity index (χ4n) is 2.25. The maximum Gasteiger partial charge on any atom is 0.178 e. The van der Waals surface area contributed by atoms with Gasteiger partial charge in [-0.25, -0.2) is 5.43 Å². The first-order valence-corrected chi connectivity index (χ1v) is 6.93. The maximum atomic E-state index is 5.71. The Morgan fingerprint density at radius 2 is 1.70 bits per heavy atom. The lowest BCUT2D eigenvalue weighted by atomic mass is 9.98. The molecule has 1 aromatic rings. The highest BCUT2D eigenvalue weighted by atomic mass is 16.7. The van der Waals surface area contributed by atoms with Crippen molar-refractivity contribution in [2.24, 2.45) is 5.84 Å². The van der Waals surface area contributed by atoms with Gasteiger partial charge in [-0.05, 0) is 50.5 Å². The lowest BCUT2D eigenvalue weighted by molar-refractivity contribution is -0.155. The predicted molar refractivity (Wildman–Crippen MR) is 79.6 cm³/mol. The van der Waals surface area contributed by atoms with Gasteiger partial charge in [0.2, 0.25) is 0 Å². The summed E-state index contributed by atoms with van der Waals surface area (Å²) >= 11 is 0. The van der Waals surface area contributed by atoms with Crippen LogP contribution in [0, 0.1) is 13.8 Å². The first-order chi connectivity index (χ1) is 9.58. The highest BCUT2D eigenvalue weighted by molar-refractivity contribution is 5.43. The standard InChI is InChI=1S/C15H26N2O3/c1-6-19-15(20-7-2)14(17-16)12-8-11(4)13(18-5)9-10(12)3/h8-9,14-15,17H,6-7,16H2,1-5H3. The van der Waals surface area contributed by atoms with Crippen LogP contribution >= 0.6 is 0 Å². The molecule has 0 fully saturated rings. The molecule has 0 amide bonds. The number of rotatable bonds is 8. The second-order valence-electron chi connectivity index (χ2n) is 4.60. The summed E-state index contributed by atoms with van der Waals surface area (Å²) in [5, 5.41) is 0. The molecule has 0 heterocycles. The molecule has 1 atom stereocenters. The van der Waals surface area contributed by atoms with Gasteiger partial charge in [-0.15, -0.1) is 0 Å². The molecule has 0 bridgehead atoms. The second kappa shape index (κ2) is 8.21. The molecular weight excluding hydrogens is 256 g/mol. The van der Waals surface area contributed by atoms with Gasteiger partial charge in [-0.2, -0.15) is 0 Å². The topological polar surface area (TPSA) is 65.7 Å². The first-order valence-electron chi connectivity index (χ1n) is 6.93. The van der Waals surface area contributed by atoms with Crippen molar-refractivity contribution >= 4 is 0 Å². The fraction of sp³-hybridized carbons (Fsp3) is 0.600. The molecule has 5 nitrogen and oxygen atoms in total. The molecule has 0 radical (unpaired) electrons. The zero-order valence-electron chi connectivity index (χ0n) is 13.0. The van der Waals surface area contributed by atoms with Crippen LogP contribution in [-0.2, 0) is 9.47 Å². The van der Waals surface area contributed by atoms with Crippen LogP contribution in [0.25, 0.3) is 0 Å². The zero-order valence-corrected chi connectivity index (χ0v) is 13.0. The van der Waals surface area contributed by atoms with Gasteiger partial charge in [0.25, 0.3) is 0 Å². The Hall–Kier alpha value is -1.14.